The fourth-order valence-electron chi connectivity index (χ4n) is 4.97. The molecule has 1 unspecified atom stereocenters. The number of aryl methyl sites for hydroxylation is 2. The van der Waals surface area contributed by atoms with E-state index in [9.17, 15) is 10.1 Å². The lowest BCUT2D eigenvalue weighted by atomic mass is 9.83. The van der Waals surface area contributed by atoms with Crippen LogP contribution in [0.15, 0.2) is 69.4 Å². The molecule has 9 heteroatoms. The first kappa shape index (κ1) is 24.5. The Kier molecular flexibility index (Phi) is 6.44. The van der Waals surface area contributed by atoms with Crippen LogP contribution in [-0.2, 0) is 13.0 Å². The summed E-state index contributed by atoms with van der Waals surface area (Å²) in [6, 6.07) is 15.6. The number of aromatic nitrogens is 2. The Hall–Kier alpha value is -4.16. The van der Waals surface area contributed by atoms with Gasteiger partial charge in [-0.3, -0.25) is 4.79 Å². The highest BCUT2D eigenvalue weighted by atomic mass is 79.9. The van der Waals surface area contributed by atoms with Crippen molar-refractivity contribution in [2.24, 2.45) is 5.73 Å². The number of H-pyrrole nitrogens is 1. The molecule has 1 aliphatic rings. The molecule has 8 nitrogen and oxygen atoms in total. The minimum Gasteiger partial charge on any atom is -0.493 e. The number of halogens is 1. The first-order valence-electron chi connectivity index (χ1n) is 11.7. The molecule has 188 valence electrons. The number of nitriles is 1. The van der Waals surface area contributed by atoms with Crippen molar-refractivity contribution in [1.82, 2.24) is 9.55 Å². The highest BCUT2D eigenvalue weighted by Crippen LogP contribution is 2.45. The van der Waals surface area contributed by atoms with Crippen molar-refractivity contribution in [2.75, 3.05) is 14.2 Å². The van der Waals surface area contributed by atoms with Gasteiger partial charge in [-0.05, 0) is 58.6 Å². The SMILES string of the molecule is COc1cc(C2C(C#N)=C(N)Oc3cc(C)n(CCc4c[nH]c5ccccc45)c(=O)c32)cc(Br)c1OC. The monoisotopic (exact) mass is 560 g/mol. The Morgan fingerprint density at radius 2 is 2.00 bits per heavy atom. The first-order chi connectivity index (χ1) is 17.9. The maximum Gasteiger partial charge on any atom is 0.258 e. The number of nitrogens with one attached hydrogen (secondary N) is 1. The second-order valence-corrected chi connectivity index (χ2v) is 9.65. The molecular weight excluding hydrogens is 536 g/mol. The zero-order valence-corrected chi connectivity index (χ0v) is 22.2. The molecule has 0 saturated carbocycles. The van der Waals surface area contributed by atoms with E-state index in [0.29, 0.717) is 45.8 Å². The van der Waals surface area contributed by atoms with Gasteiger partial charge < -0.3 is 29.5 Å². The number of nitrogens with zero attached hydrogens (tertiary/aromatic N) is 2. The Morgan fingerprint density at radius 1 is 1.22 bits per heavy atom. The van der Waals surface area contributed by atoms with Crippen LogP contribution in [0, 0.1) is 18.3 Å². The number of nitrogens with two attached hydrogens (primary N) is 1. The highest BCUT2D eigenvalue weighted by molar-refractivity contribution is 9.10. The van der Waals surface area contributed by atoms with Crippen molar-refractivity contribution in [2.45, 2.75) is 25.8 Å². The van der Waals surface area contributed by atoms with Gasteiger partial charge >= 0.3 is 0 Å². The van der Waals surface area contributed by atoms with Crippen molar-refractivity contribution in [3.63, 3.8) is 0 Å². The number of pyridine rings is 1. The Balaban J connectivity index is 1.63. The van der Waals surface area contributed by atoms with Crippen LogP contribution in [0.4, 0.5) is 0 Å². The number of hydrogen-bond donors (Lipinski definition) is 2. The largest absolute Gasteiger partial charge is 0.493 e. The molecule has 2 aromatic heterocycles. The zero-order chi connectivity index (χ0) is 26.3. The van der Waals surface area contributed by atoms with Crippen LogP contribution in [0.5, 0.6) is 17.2 Å². The van der Waals surface area contributed by atoms with E-state index in [1.807, 2.05) is 31.3 Å². The van der Waals surface area contributed by atoms with Gasteiger partial charge in [0.1, 0.15) is 17.4 Å². The average molecular weight is 561 g/mol. The van der Waals surface area contributed by atoms with Gasteiger partial charge in [0, 0.05) is 35.4 Å². The van der Waals surface area contributed by atoms with Crippen LogP contribution in [0.1, 0.15) is 28.3 Å². The van der Waals surface area contributed by atoms with Gasteiger partial charge in [0.15, 0.2) is 11.5 Å². The fraction of sp³-hybridized carbons (Fsp3) is 0.214. The van der Waals surface area contributed by atoms with Gasteiger partial charge in [-0.25, -0.2) is 0 Å². The molecule has 1 aliphatic heterocycles. The number of ether oxygens (including phenoxy) is 3. The number of allylic oxidation sites excluding steroid dienone is 1. The van der Waals surface area contributed by atoms with E-state index in [0.717, 1.165) is 22.2 Å². The molecule has 0 bridgehead atoms. The molecule has 0 saturated heterocycles. The van der Waals surface area contributed by atoms with E-state index in [4.69, 9.17) is 19.9 Å². The van der Waals surface area contributed by atoms with E-state index in [-0.39, 0.29) is 17.0 Å². The highest BCUT2D eigenvalue weighted by Gasteiger charge is 2.35. The molecule has 0 fully saturated rings. The van der Waals surface area contributed by atoms with Crippen molar-refractivity contribution in [3.05, 3.63) is 97.3 Å². The molecule has 37 heavy (non-hydrogen) atoms. The van der Waals surface area contributed by atoms with Crippen LogP contribution < -0.4 is 25.5 Å². The van der Waals surface area contributed by atoms with Gasteiger partial charge in [-0.2, -0.15) is 5.26 Å². The summed E-state index contributed by atoms with van der Waals surface area (Å²) in [4.78, 5) is 17.3. The lowest BCUT2D eigenvalue weighted by Gasteiger charge is -2.28. The second kappa shape index (κ2) is 9.71. The lowest BCUT2D eigenvalue weighted by Crippen LogP contribution is -2.33. The maximum absolute atomic E-state index is 14.0. The minimum absolute atomic E-state index is 0.0266. The molecule has 4 aromatic rings. The van der Waals surface area contributed by atoms with Crippen LogP contribution in [0.3, 0.4) is 0 Å². The van der Waals surface area contributed by atoms with Crippen LogP contribution in [0.2, 0.25) is 0 Å². The van der Waals surface area contributed by atoms with E-state index in [1.165, 1.54) is 7.11 Å². The van der Waals surface area contributed by atoms with E-state index >= 15 is 0 Å². The number of benzene rings is 2. The van der Waals surface area contributed by atoms with E-state index in [1.54, 1.807) is 29.9 Å². The van der Waals surface area contributed by atoms with Gasteiger partial charge in [0.2, 0.25) is 5.88 Å². The third-order valence-corrected chi connectivity index (χ3v) is 7.35. The number of fused-ring (bicyclic) bond motifs is 2. The van der Waals surface area contributed by atoms with Gasteiger partial charge in [0.25, 0.3) is 5.56 Å². The Bertz CT molecular complexity index is 1660. The van der Waals surface area contributed by atoms with Crippen molar-refractivity contribution < 1.29 is 14.2 Å². The summed E-state index contributed by atoms with van der Waals surface area (Å²) < 4.78 is 19.1. The van der Waals surface area contributed by atoms with Crippen molar-refractivity contribution >= 4 is 26.8 Å². The first-order valence-corrected chi connectivity index (χ1v) is 12.5. The lowest BCUT2D eigenvalue weighted by molar-refractivity contribution is 0.352. The molecule has 0 aliphatic carbocycles. The van der Waals surface area contributed by atoms with Crippen LogP contribution in [0.25, 0.3) is 10.9 Å². The summed E-state index contributed by atoms with van der Waals surface area (Å²) >= 11 is 3.52. The predicted octanol–water partition coefficient (Wildman–Crippen LogP) is 4.88. The van der Waals surface area contributed by atoms with Crippen molar-refractivity contribution in [3.8, 4) is 23.3 Å². The molecule has 3 heterocycles. The molecule has 1 atom stereocenters. The molecule has 3 N–H and O–H groups in total. The summed E-state index contributed by atoms with van der Waals surface area (Å²) in [5.41, 5.74) is 10.0. The van der Waals surface area contributed by atoms with Gasteiger partial charge in [-0.1, -0.05) is 18.2 Å². The number of para-hydroxylation sites is 1. The standard InChI is InChI=1S/C28H25BrN4O4/c1-15-10-22-25(28(34)33(15)9-8-16-14-32-21-7-5-4-6-18(16)21)24(19(13-30)27(31)37-22)17-11-20(29)26(36-3)23(12-17)35-2/h4-7,10-12,14,24,32H,8-9,31H2,1-3H3. The average Bonchev–Trinajstić information content (AvgIpc) is 3.30. The summed E-state index contributed by atoms with van der Waals surface area (Å²) in [6.45, 7) is 2.32. The second-order valence-electron chi connectivity index (χ2n) is 8.79. The Morgan fingerprint density at radius 3 is 2.73 bits per heavy atom. The third kappa shape index (κ3) is 4.13. The quantitative estimate of drug-likeness (QED) is 0.347. The predicted molar refractivity (Wildman–Crippen MR) is 144 cm³/mol. The number of hydrogen-bond acceptors (Lipinski definition) is 6. The van der Waals surface area contributed by atoms with Gasteiger partial charge in [-0.15, -0.1) is 0 Å². The zero-order valence-electron chi connectivity index (χ0n) is 20.6. The normalized spacial score (nSPS) is 14.7. The molecular formula is C28H25BrN4O4. The number of aromatic amines is 1. The third-order valence-electron chi connectivity index (χ3n) is 6.76. The molecule has 2 aromatic carbocycles. The van der Waals surface area contributed by atoms with Crippen LogP contribution >= 0.6 is 15.9 Å². The number of methoxy groups -OCH3 is 2. The van der Waals surface area contributed by atoms with E-state index < -0.39 is 5.92 Å². The molecule has 5 rings (SSSR count). The summed E-state index contributed by atoms with van der Waals surface area (Å²) in [6.07, 6.45) is 2.63. The summed E-state index contributed by atoms with van der Waals surface area (Å²) in [5.74, 6) is 0.549. The molecule has 0 radical (unpaired) electrons. The fourth-order valence-corrected chi connectivity index (χ4v) is 5.59. The summed E-state index contributed by atoms with van der Waals surface area (Å²) in [7, 11) is 3.07. The van der Waals surface area contributed by atoms with Gasteiger partial charge in [0.05, 0.1) is 30.2 Å². The number of rotatable bonds is 6. The minimum atomic E-state index is -0.739. The van der Waals surface area contributed by atoms with Crippen LogP contribution in [-0.4, -0.2) is 23.8 Å². The molecule has 0 spiro atoms. The van der Waals surface area contributed by atoms with E-state index in [2.05, 4.69) is 33.0 Å². The smallest absolute Gasteiger partial charge is 0.258 e. The molecule has 0 amide bonds. The maximum atomic E-state index is 14.0. The Labute approximate surface area is 222 Å². The topological polar surface area (TPSA) is 115 Å². The van der Waals surface area contributed by atoms with Crippen molar-refractivity contribution in [1.29, 1.82) is 5.26 Å². The summed E-state index contributed by atoms with van der Waals surface area (Å²) in [5, 5.41) is 11.1.